The molecule has 1 N–H and O–H groups in total. The molecule has 0 spiro atoms. The number of carboxylic acid groups (broad SMARTS) is 1. The van der Waals surface area contributed by atoms with Crippen molar-refractivity contribution in [2.24, 2.45) is 11.8 Å². The highest BCUT2D eigenvalue weighted by molar-refractivity contribution is 7.99. The van der Waals surface area contributed by atoms with Gasteiger partial charge in [-0.2, -0.15) is 11.8 Å². The topological polar surface area (TPSA) is 54.4 Å². The van der Waals surface area contributed by atoms with Gasteiger partial charge in [0.05, 0.1) is 0 Å². The Balaban J connectivity index is 1.98. The monoisotopic (exact) mass is 244 g/mol. The van der Waals surface area contributed by atoms with Crippen molar-refractivity contribution >= 4 is 24.0 Å². The molecule has 1 aliphatic rings. The normalized spacial score (nSPS) is 24.5. The molecule has 0 saturated carbocycles. The highest BCUT2D eigenvalue weighted by Gasteiger charge is 2.26. The van der Waals surface area contributed by atoms with Crippen LogP contribution < -0.4 is 0 Å². The minimum absolute atomic E-state index is 0.268. The van der Waals surface area contributed by atoms with E-state index in [1.54, 1.807) is 0 Å². The van der Waals surface area contributed by atoms with Crippen molar-refractivity contribution in [1.82, 2.24) is 0 Å². The van der Waals surface area contributed by atoms with Gasteiger partial charge in [0, 0.05) is 18.1 Å². The fraction of sp³-hybridized carbons (Fsp3) is 0.833. The van der Waals surface area contributed by atoms with Crippen LogP contribution in [0.4, 0.5) is 0 Å². The van der Waals surface area contributed by atoms with E-state index in [4.69, 9.17) is 5.11 Å². The van der Waals surface area contributed by atoms with Crippen LogP contribution in [0.15, 0.2) is 0 Å². The zero-order valence-electron chi connectivity index (χ0n) is 9.56. The van der Waals surface area contributed by atoms with E-state index >= 15 is 0 Å². The standard InChI is InChI=1S/C12H20O3S/c13-7-11-9-16-8-10(11)5-3-1-2-4-6-12(14)15/h7,10-11H,1-6,8-9H2,(H,14,15). The molecule has 0 amide bonds. The van der Waals surface area contributed by atoms with Gasteiger partial charge in [-0.05, 0) is 24.5 Å². The fourth-order valence-corrected chi connectivity index (χ4v) is 3.57. The number of carbonyl (C=O) groups is 2. The molecular weight excluding hydrogens is 224 g/mol. The average Bonchev–Trinajstić information content (AvgIpc) is 2.70. The summed E-state index contributed by atoms with van der Waals surface area (Å²) in [5, 5.41) is 8.47. The number of aldehydes is 1. The van der Waals surface area contributed by atoms with Crippen molar-refractivity contribution in [3.63, 3.8) is 0 Å². The molecule has 2 atom stereocenters. The van der Waals surface area contributed by atoms with Crippen LogP contribution in [-0.2, 0) is 9.59 Å². The number of aliphatic carboxylic acids is 1. The molecule has 1 saturated heterocycles. The largest absolute Gasteiger partial charge is 0.481 e. The molecule has 0 aromatic heterocycles. The number of carboxylic acids is 1. The van der Waals surface area contributed by atoms with Gasteiger partial charge in [-0.25, -0.2) is 0 Å². The number of hydrogen-bond donors (Lipinski definition) is 1. The summed E-state index contributed by atoms with van der Waals surface area (Å²) in [6.07, 6.45) is 6.54. The van der Waals surface area contributed by atoms with Crippen LogP contribution in [0.25, 0.3) is 0 Å². The van der Waals surface area contributed by atoms with Crippen LogP contribution in [0.1, 0.15) is 38.5 Å². The van der Waals surface area contributed by atoms with Crippen molar-refractivity contribution < 1.29 is 14.7 Å². The second-order valence-electron chi connectivity index (χ2n) is 4.44. The lowest BCUT2D eigenvalue weighted by Crippen LogP contribution is -2.13. The molecule has 0 aromatic carbocycles. The third kappa shape index (κ3) is 5.01. The van der Waals surface area contributed by atoms with Crippen LogP contribution in [0.5, 0.6) is 0 Å². The van der Waals surface area contributed by atoms with Crippen molar-refractivity contribution in [3.8, 4) is 0 Å². The first-order valence-corrected chi connectivity index (χ1v) is 7.14. The predicted octanol–water partition coefficient (Wildman–Crippen LogP) is 2.59. The Kier molecular flexibility index (Phi) is 6.53. The average molecular weight is 244 g/mol. The van der Waals surface area contributed by atoms with Crippen molar-refractivity contribution in [2.45, 2.75) is 38.5 Å². The summed E-state index contributed by atoms with van der Waals surface area (Å²) in [6, 6.07) is 0. The molecule has 0 bridgehead atoms. The van der Waals surface area contributed by atoms with Gasteiger partial charge in [0.15, 0.2) is 0 Å². The zero-order chi connectivity index (χ0) is 11.8. The van der Waals surface area contributed by atoms with Crippen LogP contribution in [-0.4, -0.2) is 28.9 Å². The number of unbranched alkanes of at least 4 members (excludes halogenated alkanes) is 3. The molecule has 0 aliphatic carbocycles. The third-order valence-electron chi connectivity index (χ3n) is 3.14. The summed E-state index contributed by atoms with van der Waals surface area (Å²) in [7, 11) is 0. The van der Waals surface area contributed by atoms with Gasteiger partial charge < -0.3 is 9.90 Å². The number of carbonyl (C=O) groups excluding carboxylic acids is 1. The van der Waals surface area contributed by atoms with Gasteiger partial charge in [0.1, 0.15) is 6.29 Å². The van der Waals surface area contributed by atoms with Gasteiger partial charge in [-0.3, -0.25) is 4.79 Å². The van der Waals surface area contributed by atoms with E-state index < -0.39 is 5.97 Å². The van der Waals surface area contributed by atoms with Crippen LogP contribution in [0, 0.1) is 11.8 Å². The summed E-state index contributed by atoms with van der Waals surface area (Å²) < 4.78 is 0. The molecule has 0 aromatic rings. The molecule has 1 rings (SSSR count). The second-order valence-corrected chi connectivity index (χ2v) is 5.52. The van der Waals surface area contributed by atoms with Crippen LogP contribution >= 0.6 is 11.8 Å². The second kappa shape index (κ2) is 7.71. The van der Waals surface area contributed by atoms with Gasteiger partial charge in [0.25, 0.3) is 0 Å². The van der Waals surface area contributed by atoms with Crippen molar-refractivity contribution in [1.29, 1.82) is 0 Å². The van der Waals surface area contributed by atoms with E-state index in [-0.39, 0.29) is 12.3 Å². The predicted molar refractivity (Wildman–Crippen MR) is 65.7 cm³/mol. The van der Waals surface area contributed by atoms with Gasteiger partial charge in [-0.1, -0.05) is 19.3 Å². The van der Waals surface area contributed by atoms with Crippen molar-refractivity contribution in [3.05, 3.63) is 0 Å². The molecule has 3 nitrogen and oxygen atoms in total. The zero-order valence-corrected chi connectivity index (χ0v) is 10.4. The molecule has 92 valence electrons. The lowest BCUT2D eigenvalue weighted by Gasteiger charge is -2.12. The Bertz CT molecular complexity index is 230. The highest BCUT2D eigenvalue weighted by atomic mass is 32.2. The summed E-state index contributed by atoms with van der Waals surface area (Å²) in [5.74, 6) is 2.25. The maximum Gasteiger partial charge on any atom is 0.303 e. The first kappa shape index (κ1) is 13.6. The summed E-state index contributed by atoms with van der Waals surface area (Å²) in [6.45, 7) is 0. The van der Waals surface area contributed by atoms with Gasteiger partial charge in [-0.15, -0.1) is 0 Å². The quantitative estimate of drug-likeness (QED) is 0.526. The Labute approximate surface area is 101 Å². The number of hydrogen-bond acceptors (Lipinski definition) is 3. The smallest absolute Gasteiger partial charge is 0.303 e. The molecule has 1 heterocycles. The molecule has 16 heavy (non-hydrogen) atoms. The van der Waals surface area contributed by atoms with E-state index in [9.17, 15) is 9.59 Å². The van der Waals surface area contributed by atoms with Crippen LogP contribution in [0.3, 0.4) is 0 Å². The number of rotatable bonds is 8. The minimum Gasteiger partial charge on any atom is -0.481 e. The summed E-state index contributed by atoms with van der Waals surface area (Å²) in [4.78, 5) is 21.0. The first-order chi connectivity index (χ1) is 7.74. The van der Waals surface area contributed by atoms with E-state index in [0.717, 1.165) is 49.9 Å². The van der Waals surface area contributed by atoms with Crippen LogP contribution in [0.2, 0.25) is 0 Å². The summed E-state index contributed by atoms with van der Waals surface area (Å²) in [5.41, 5.74) is 0. The van der Waals surface area contributed by atoms with Crippen molar-refractivity contribution in [2.75, 3.05) is 11.5 Å². The Morgan fingerprint density at radius 3 is 2.69 bits per heavy atom. The first-order valence-electron chi connectivity index (χ1n) is 5.99. The lowest BCUT2D eigenvalue weighted by molar-refractivity contribution is -0.137. The third-order valence-corrected chi connectivity index (χ3v) is 4.42. The number of thioether (sulfide) groups is 1. The lowest BCUT2D eigenvalue weighted by atomic mass is 9.92. The van der Waals surface area contributed by atoms with Gasteiger partial charge >= 0.3 is 5.97 Å². The molecule has 0 radical (unpaired) electrons. The molecule has 1 aliphatic heterocycles. The fourth-order valence-electron chi connectivity index (χ4n) is 2.10. The Morgan fingerprint density at radius 1 is 1.25 bits per heavy atom. The molecule has 4 heteroatoms. The Hall–Kier alpha value is -0.510. The van der Waals surface area contributed by atoms with E-state index in [1.807, 2.05) is 11.8 Å². The van der Waals surface area contributed by atoms with Gasteiger partial charge in [0.2, 0.25) is 0 Å². The maximum atomic E-state index is 10.7. The van der Waals surface area contributed by atoms with E-state index in [2.05, 4.69) is 0 Å². The molecule has 2 unspecified atom stereocenters. The molecule has 1 fully saturated rings. The summed E-state index contributed by atoms with van der Waals surface area (Å²) >= 11 is 1.88. The SMILES string of the molecule is O=CC1CSCC1CCCCCCC(=O)O. The molecular formula is C12H20O3S. The minimum atomic E-state index is -0.701. The Morgan fingerprint density at radius 2 is 2.00 bits per heavy atom. The van der Waals surface area contributed by atoms with E-state index in [1.165, 1.54) is 0 Å². The highest BCUT2D eigenvalue weighted by Crippen LogP contribution is 2.32. The van der Waals surface area contributed by atoms with E-state index in [0.29, 0.717) is 5.92 Å². The maximum absolute atomic E-state index is 10.7.